The number of hydrogen-bond acceptors (Lipinski definition) is 8. The van der Waals surface area contributed by atoms with Gasteiger partial charge in [-0.2, -0.15) is 13.6 Å². The van der Waals surface area contributed by atoms with Crippen molar-refractivity contribution in [3.63, 3.8) is 0 Å². The monoisotopic (exact) mass is 448 g/mol. The average Bonchev–Trinajstić information content (AvgIpc) is 2.74. The molecule has 2 N–H and O–H groups in total. The van der Waals surface area contributed by atoms with Crippen LogP contribution in [-0.4, -0.2) is 41.3 Å². The lowest BCUT2D eigenvalue weighted by molar-refractivity contribution is 0.324. The maximum atomic E-state index is 11.6. The van der Waals surface area contributed by atoms with Gasteiger partial charge in [0.05, 0.1) is 27.9 Å². The Kier molecular flexibility index (Phi) is 6.71. The van der Waals surface area contributed by atoms with Gasteiger partial charge in [0, 0.05) is 17.8 Å². The maximum Gasteiger partial charge on any atom is 0.380 e. The lowest BCUT2D eigenvalue weighted by Gasteiger charge is -2.16. The van der Waals surface area contributed by atoms with Crippen LogP contribution in [0.5, 0.6) is 28.7 Å². The molecule has 166 valence electrons. The van der Waals surface area contributed by atoms with E-state index in [1.165, 1.54) is 13.3 Å². The number of aromatic nitrogens is 1. The van der Waals surface area contributed by atoms with E-state index < -0.39 is 10.3 Å². The van der Waals surface area contributed by atoms with Gasteiger partial charge in [0.15, 0.2) is 23.0 Å². The number of methoxy groups -OCH3 is 3. The molecule has 0 bridgehead atoms. The van der Waals surface area contributed by atoms with Crippen LogP contribution in [0.3, 0.4) is 0 Å². The van der Waals surface area contributed by atoms with Crippen molar-refractivity contribution in [3.05, 3.63) is 47.8 Å². The number of fused-ring (bicyclic) bond motifs is 1. The van der Waals surface area contributed by atoms with Gasteiger partial charge in [-0.3, -0.25) is 4.98 Å². The summed E-state index contributed by atoms with van der Waals surface area (Å²) in [6.07, 6.45) is 3.67. The summed E-state index contributed by atoms with van der Waals surface area (Å²) in [5, 5.41) is 6.32. The molecule has 0 aliphatic heterocycles. The summed E-state index contributed by atoms with van der Waals surface area (Å²) in [6.45, 7) is 2.11. The van der Waals surface area contributed by atoms with Crippen molar-refractivity contribution in [2.24, 2.45) is 5.14 Å². The van der Waals surface area contributed by atoms with Gasteiger partial charge in [-0.15, -0.1) is 0 Å². The molecule has 0 aliphatic rings. The van der Waals surface area contributed by atoms with Crippen molar-refractivity contribution in [3.8, 4) is 28.7 Å². The fourth-order valence-corrected chi connectivity index (χ4v) is 3.73. The summed E-state index contributed by atoms with van der Waals surface area (Å²) in [5.74, 6) is 1.82. The lowest BCUT2D eigenvalue weighted by atomic mass is 9.99. The third-order valence-corrected chi connectivity index (χ3v) is 4.96. The molecule has 0 radical (unpaired) electrons. The number of nitrogens with two attached hydrogens (primary N) is 1. The van der Waals surface area contributed by atoms with Crippen molar-refractivity contribution in [2.45, 2.75) is 13.3 Å². The van der Waals surface area contributed by atoms with Crippen molar-refractivity contribution in [2.75, 3.05) is 27.9 Å². The number of pyridine rings is 1. The molecule has 1 aromatic heterocycles. The van der Waals surface area contributed by atoms with Crippen LogP contribution >= 0.6 is 0 Å². The standard InChI is InChI=1S/C21H24N2O7S/c1-5-29-17-7-6-15-14(11-23-12-16(15)20(17)30-31(22,24)25)8-13-9-18(26-2)21(28-4)19(10-13)27-3/h6-7,9-12H,5,8H2,1-4H3,(H2,22,24,25). The summed E-state index contributed by atoms with van der Waals surface area (Å²) in [7, 11) is 0.374. The molecule has 0 spiro atoms. The molecular formula is C21H24N2O7S. The van der Waals surface area contributed by atoms with Crippen molar-refractivity contribution in [1.29, 1.82) is 0 Å². The highest BCUT2D eigenvalue weighted by molar-refractivity contribution is 7.84. The highest BCUT2D eigenvalue weighted by atomic mass is 32.2. The van der Waals surface area contributed by atoms with E-state index >= 15 is 0 Å². The molecule has 31 heavy (non-hydrogen) atoms. The summed E-state index contributed by atoms with van der Waals surface area (Å²) in [6, 6.07) is 7.16. The Balaban J connectivity index is 2.13. The van der Waals surface area contributed by atoms with Crippen molar-refractivity contribution >= 4 is 21.1 Å². The molecule has 0 fully saturated rings. The maximum absolute atomic E-state index is 11.6. The van der Waals surface area contributed by atoms with E-state index in [1.807, 2.05) is 18.2 Å². The second kappa shape index (κ2) is 9.27. The first-order chi connectivity index (χ1) is 14.8. The third kappa shape index (κ3) is 4.92. The molecule has 10 heteroatoms. The number of nitrogens with zero attached hydrogens (tertiary/aromatic N) is 1. The normalized spacial score (nSPS) is 11.3. The molecule has 9 nitrogen and oxygen atoms in total. The zero-order valence-corrected chi connectivity index (χ0v) is 18.5. The third-order valence-electron chi connectivity index (χ3n) is 4.56. The molecule has 0 aliphatic carbocycles. The summed E-state index contributed by atoms with van der Waals surface area (Å²) in [5.41, 5.74) is 1.71. The fourth-order valence-electron chi connectivity index (χ4n) is 3.33. The molecule has 3 rings (SSSR count). The molecule has 0 atom stereocenters. The number of hydrogen-bond donors (Lipinski definition) is 1. The Hall–Kier alpha value is -3.24. The van der Waals surface area contributed by atoms with E-state index in [1.54, 1.807) is 33.4 Å². The Morgan fingerprint density at radius 3 is 2.13 bits per heavy atom. The van der Waals surface area contributed by atoms with Gasteiger partial charge in [-0.1, -0.05) is 6.07 Å². The van der Waals surface area contributed by atoms with Gasteiger partial charge in [-0.05, 0) is 48.1 Å². The van der Waals surface area contributed by atoms with Crippen LogP contribution < -0.4 is 28.3 Å². The molecule has 0 saturated heterocycles. The topological polar surface area (TPSA) is 119 Å². The van der Waals surface area contributed by atoms with Crippen molar-refractivity contribution < 1.29 is 31.5 Å². The van der Waals surface area contributed by atoms with Crippen LogP contribution in [0.1, 0.15) is 18.1 Å². The van der Waals surface area contributed by atoms with E-state index in [2.05, 4.69) is 4.98 Å². The smallest absolute Gasteiger partial charge is 0.380 e. The molecule has 0 unspecified atom stereocenters. The molecule has 1 heterocycles. The van der Waals surface area contributed by atoms with Gasteiger partial charge in [0.2, 0.25) is 5.75 Å². The second-order valence-corrected chi connectivity index (χ2v) is 7.66. The predicted octanol–water partition coefficient (Wildman–Crippen LogP) is 2.83. The van der Waals surface area contributed by atoms with E-state index in [-0.39, 0.29) is 11.5 Å². The zero-order valence-electron chi connectivity index (χ0n) is 17.7. The van der Waals surface area contributed by atoms with Crippen LogP contribution in [-0.2, 0) is 16.7 Å². The van der Waals surface area contributed by atoms with Crippen LogP contribution in [0.4, 0.5) is 0 Å². The van der Waals surface area contributed by atoms with Gasteiger partial charge in [0.1, 0.15) is 0 Å². The first kappa shape index (κ1) is 22.4. The van der Waals surface area contributed by atoms with E-state index in [0.717, 1.165) is 16.5 Å². The van der Waals surface area contributed by atoms with E-state index in [9.17, 15) is 8.42 Å². The first-order valence-corrected chi connectivity index (χ1v) is 10.8. The highest BCUT2D eigenvalue weighted by Crippen LogP contribution is 2.40. The number of benzene rings is 2. The molecule has 0 saturated carbocycles. The van der Waals surface area contributed by atoms with Gasteiger partial charge >= 0.3 is 10.3 Å². The minimum absolute atomic E-state index is 0.00101. The van der Waals surface area contributed by atoms with Crippen LogP contribution in [0.25, 0.3) is 10.8 Å². The largest absolute Gasteiger partial charge is 0.493 e. The lowest BCUT2D eigenvalue weighted by Crippen LogP contribution is -2.19. The molecule has 2 aromatic carbocycles. The molecular weight excluding hydrogens is 424 g/mol. The quantitative estimate of drug-likeness (QED) is 0.531. The number of rotatable bonds is 9. The van der Waals surface area contributed by atoms with Crippen LogP contribution in [0.15, 0.2) is 36.7 Å². The zero-order chi connectivity index (χ0) is 22.6. The minimum Gasteiger partial charge on any atom is -0.493 e. The van der Waals surface area contributed by atoms with Crippen LogP contribution in [0.2, 0.25) is 0 Å². The average molecular weight is 448 g/mol. The fraction of sp³-hybridized carbons (Fsp3) is 0.286. The highest BCUT2D eigenvalue weighted by Gasteiger charge is 2.19. The molecule has 3 aromatic rings. The summed E-state index contributed by atoms with van der Waals surface area (Å²) >= 11 is 0. The van der Waals surface area contributed by atoms with Gasteiger partial charge in [-0.25, -0.2) is 0 Å². The predicted molar refractivity (Wildman–Crippen MR) is 116 cm³/mol. The van der Waals surface area contributed by atoms with Crippen molar-refractivity contribution in [1.82, 2.24) is 4.98 Å². The number of ether oxygens (including phenoxy) is 4. The Morgan fingerprint density at radius 2 is 1.58 bits per heavy atom. The molecule has 0 amide bonds. The Labute approximate surface area is 180 Å². The van der Waals surface area contributed by atoms with E-state index in [4.69, 9.17) is 28.3 Å². The summed E-state index contributed by atoms with van der Waals surface area (Å²) in [4.78, 5) is 4.26. The van der Waals surface area contributed by atoms with E-state index in [0.29, 0.717) is 35.7 Å². The summed E-state index contributed by atoms with van der Waals surface area (Å²) < 4.78 is 50.0. The SMILES string of the molecule is CCOc1ccc2c(Cc3cc(OC)c(OC)c(OC)c3)cncc2c1OS(N)(=O)=O. The first-order valence-electron chi connectivity index (χ1n) is 9.34. The van der Waals surface area contributed by atoms with Crippen LogP contribution in [0, 0.1) is 0 Å². The van der Waals surface area contributed by atoms with Gasteiger partial charge < -0.3 is 23.1 Å². The minimum atomic E-state index is -4.26. The Morgan fingerprint density at radius 1 is 0.903 bits per heavy atom. The Bertz CT molecular complexity index is 1170. The van der Waals surface area contributed by atoms with Gasteiger partial charge in [0.25, 0.3) is 0 Å². The second-order valence-electron chi connectivity index (χ2n) is 6.51.